The molecule has 0 radical (unpaired) electrons. The molecule has 3 rings (SSSR count). The highest BCUT2D eigenvalue weighted by Crippen LogP contribution is 2.25. The minimum absolute atomic E-state index is 0.168. The van der Waals surface area contributed by atoms with Crippen molar-refractivity contribution < 1.29 is 13.2 Å². The molecule has 0 aliphatic rings. The monoisotopic (exact) mass is 488 g/mol. The van der Waals surface area contributed by atoms with Crippen molar-refractivity contribution in [3.8, 4) is 0 Å². The van der Waals surface area contributed by atoms with Gasteiger partial charge in [0.05, 0.1) is 18.5 Å². The van der Waals surface area contributed by atoms with Gasteiger partial charge >= 0.3 is 0 Å². The first-order valence-corrected chi connectivity index (χ1v) is 13.4. The lowest BCUT2D eigenvalue weighted by atomic mass is 10.1. The number of carbonyl (C=O) groups is 1. The van der Waals surface area contributed by atoms with Gasteiger partial charge in [0.15, 0.2) is 0 Å². The van der Waals surface area contributed by atoms with Gasteiger partial charge in [-0.2, -0.15) is 0 Å². The summed E-state index contributed by atoms with van der Waals surface area (Å²) in [6, 6.07) is 21.9. The van der Waals surface area contributed by atoms with Crippen molar-refractivity contribution in [3.63, 3.8) is 0 Å². The molecule has 0 unspecified atom stereocenters. The van der Waals surface area contributed by atoms with Gasteiger partial charge in [-0.15, -0.1) is 11.8 Å². The number of anilines is 1. The molecular formula is C24H25ClN2O3S2. The Labute approximate surface area is 198 Å². The number of carbonyl (C=O) groups excluding carboxylic acids is 1. The Kier molecular flexibility index (Phi) is 8.23. The van der Waals surface area contributed by atoms with Crippen molar-refractivity contribution >= 4 is 45.0 Å². The summed E-state index contributed by atoms with van der Waals surface area (Å²) in [5.41, 5.74) is 3.03. The molecular weight excluding hydrogens is 464 g/mol. The predicted octanol–water partition coefficient (Wildman–Crippen LogP) is 5.00. The Balaban J connectivity index is 1.64. The van der Waals surface area contributed by atoms with Crippen LogP contribution in [0, 0.1) is 0 Å². The lowest BCUT2D eigenvalue weighted by Crippen LogP contribution is -2.29. The third-order valence-electron chi connectivity index (χ3n) is 4.90. The Morgan fingerprint density at radius 1 is 1.00 bits per heavy atom. The molecule has 0 saturated heterocycles. The number of rotatable bonds is 9. The largest absolute Gasteiger partial charge is 0.352 e. The number of halogens is 1. The van der Waals surface area contributed by atoms with E-state index in [1.54, 1.807) is 42.1 Å². The molecule has 8 heteroatoms. The zero-order chi connectivity index (χ0) is 23.1. The number of nitrogens with zero attached hydrogens (tertiary/aromatic N) is 1. The normalized spacial score (nSPS) is 11.2. The molecule has 3 aromatic rings. The molecule has 0 saturated carbocycles. The molecule has 1 amide bonds. The number of amides is 1. The van der Waals surface area contributed by atoms with E-state index < -0.39 is 10.0 Å². The minimum atomic E-state index is -3.47. The lowest BCUT2D eigenvalue weighted by molar-refractivity contribution is 0.0954. The van der Waals surface area contributed by atoms with Gasteiger partial charge in [0, 0.05) is 22.0 Å². The third-order valence-corrected chi connectivity index (χ3v) is 7.01. The maximum Gasteiger partial charge on any atom is 0.251 e. The molecule has 5 nitrogen and oxygen atoms in total. The zero-order valence-electron chi connectivity index (χ0n) is 17.9. The summed E-state index contributed by atoms with van der Waals surface area (Å²) in [5.74, 6) is -0.168. The number of hydrogen-bond donors (Lipinski definition) is 1. The van der Waals surface area contributed by atoms with Crippen LogP contribution >= 0.6 is 23.4 Å². The SMILES string of the molecule is CSc1cccc(N(Cc2ccc(C(=O)NCCc3ccc(Cl)cc3)cc2)S(C)(=O)=O)c1. The van der Waals surface area contributed by atoms with Gasteiger partial charge in [0.2, 0.25) is 10.0 Å². The van der Waals surface area contributed by atoms with Gasteiger partial charge in [-0.25, -0.2) is 8.42 Å². The maximum atomic E-state index is 12.4. The fourth-order valence-corrected chi connectivity index (χ4v) is 4.63. The van der Waals surface area contributed by atoms with Crippen LogP contribution < -0.4 is 9.62 Å². The minimum Gasteiger partial charge on any atom is -0.352 e. The van der Waals surface area contributed by atoms with Gasteiger partial charge in [-0.3, -0.25) is 9.10 Å². The second kappa shape index (κ2) is 10.9. The third kappa shape index (κ3) is 6.76. The Hall–Kier alpha value is -2.48. The molecule has 1 N–H and O–H groups in total. The molecule has 0 aliphatic carbocycles. The van der Waals surface area contributed by atoms with E-state index >= 15 is 0 Å². The fourth-order valence-electron chi connectivity index (χ4n) is 3.17. The average molecular weight is 489 g/mol. The maximum absolute atomic E-state index is 12.4. The van der Waals surface area contributed by atoms with Gasteiger partial charge in [0.1, 0.15) is 0 Å². The van der Waals surface area contributed by atoms with E-state index in [1.807, 2.05) is 48.7 Å². The van der Waals surface area contributed by atoms with Crippen LogP contribution in [0.25, 0.3) is 0 Å². The molecule has 0 atom stereocenters. The van der Waals surface area contributed by atoms with Crippen molar-refractivity contribution in [3.05, 3.63) is 94.5 Å². The smallest absolute Gasteiger partial charge is 0.251 e. The van der Waals surface area contributed by atoms with Crippen LogP contribution in [0.5, 0.6) is 0 Å². The van der Waals surface area contributed by atoms with E-state index in [4.69, 9.17) is 11.6 Å². The quantitative estimate of drug-likeness (QED) is 0.430. The summed E-state index contributed by atoms with van der Waals surface area (Å²) >= 11 is 7.44. The van der Waals surface area contributed by atoms with Crippen LogP contribution in [-0.4, -0.2) is 33.4 Å². The number of nitrogens with one attached hydrogen (secondary N) is 1. The summed E-state index contributed by atoms with van der Waals surface area (Å²) < 4.78 is 26.2. The number of sulfonamides is 1. The number of hydrogen-bond acceptors (Lipinski definition) is 4. The molecule has 0 bridgehead atoms. The van der Waals surface area contributed by atoms with E-state index in [1.165, 1.54) is 10.6 Å². The first-order valence-electron chi connectivity index (χ1n) is 9.99. The van der Waals surface area contributed by atoms with E-state index in [-0.39, 0.29) is 12.5 Å². The van der Waals surface area contributed by atoms with Gasteiger partial charge < -0.3 is 5.32 Å². The Morgan fingerprint density at radius 2 is 1.66 bits per heavy atom. The topological polar surface area (TPSA) is 66.5 Å². The van der Waals surface area contributed by atoms with Crippen LogP contribution in [0.3, 0.4) is 0 Å². The number of thioether (sulfide) groups is 1. The van der Waals surface area contributed by atoms with E-state index in [9.17, 15) is 13.2 Å². The summed E-state index contributed by atoms with van der Waals surface area (Å²) in [5, 5.41) is 3.59. The Bertz CT molecular complexity index is 1160. The van der Waals surface area contributed by atoms with Crippen LogP contribution in [0.15, 0.2) is 77.7 Å². The van der Waals surface area contributed by atoms with Crippen molar-refractivity contribution in [2.24, 2.45) is 0 Å². The molecule has 0 spiro atoms. The number of benzene rings is 3. The summed E-state index contributed by atoms with van der Waals surface area (Å²) in [6.45, 7) is 0.699. The molecule has 3 aromatic carbocycles. The molecule has 0 fully saturated rings. The highest BCUT2D eigenvalue weighted by atomic mass is 35.5. The van der Waals surface area contributed by atoms with Crippen LogP contribution in [0.1, 0.15) is 21.5 Å². The standard InChI is InChI=1S/C24H25ClN2O3S2/c1-31-23-5-3-4-22(16-23)27(32(2,29)30)17-19-6-10-20(11-7-19)24(28)26-15-14-18-8-12-21(25)13-9-18/h3-13,16H,14-15,17H2,1-2H3,(H,26,28). The van der Waals surface area contributed by atoms with Crippen molar-refractivity contribution in [2.45, 2.75) is 17.9 Å². The molecule has 32 heavy (non-hydrogen) atoms. The van der Waals surface area contributed by atoms with Crippen molar-refractivity contribution in [1.29, 1.82) is 0 Å². The van der Waals surface area contributed by atoms with Crippen molar-refractivity contribution in [1.82, 2.24) is 5.32 Å². The zero-order valence-corrected chi connectivity index (χ0v) is 20.3. The van der Waals surface area contributed by atoms with Gasteiger partial charge in [0.25, 0.3) is 5.91 Å². The van der Waals surface area contributed by atoms with Crippen LogP contribution in [0.2, 0.25) is 5.02 Å². The second-order valence-corrected chi connectivity index (χ2v) is 10.5. The van der Waals surface area contributed by atoms with Crippen LogP contribution in [-0.2, 0) is 23.0 Å². The molecule has 0 aliphatic heterocycles. The summed E-state index contributed by atoms with van der Waals surface area (Å²) in [6.07, 6.45) is 3.85. The predicted molar refractivity (Wildman–Crippen MR) is 133 cm³/mol. The van der Waals surface area contributed by atoms with Gasteiger partial charge in [-0.1, -0.05) is 41.9 Å². The summed E-state index contributed by atoms with van der Waals surface area (Å²) in [7, 11) is -3.47. The average Bonchev–Trinajstić information content (AvgIpc) is 2.78. The lowest BCUT2D eigenvalue weighted by Gasteiger charge is -2.23. The van der Waals surface area contributed by atoms with Gasteiger partial charge in [-0.05, 0) is 66.3 Å². The van der Waals surface area contributed by atoms with E-state index in [2.05, 4.69) is 5.32 Å². The first-order chi connectivity index (χ1) is 15.3. The Morgan fingerprint density at radius 3 is 2.28 bits per heavy atom. The molecule has 168 valence electrons. The van der Waals surface area contributed by atoms with Crippen LogP contribution in [0.4, 0.5) is 5.69 Å². The summed E-state index contributed by atoms with van der Waals surface area (Å²) in [4.78, 5) is 13.4. The molecule has 0 heterocycles. The first kappa shape index (κ1) is 24.2. The van der Waals surface area contributed by atoms with Crippen molar-refractivity contribution in [2.75, 3.05) is 23.4 Å². The van der Waals surface area contributed by atoms with E-state index in [0.717, 1.165) is 16.0 Å². The van der Waals surface area contributed by atoms with E-state index in [0.29, 0.717) is 29.2 Å². The fraction of sp³-hybridized carbons (Fsp3) is 0.208. The molecule has 0 aromatic heterocycles. The highest BCUT2D eigenvalue weighted by Gasteiger charge is 2.18. The second-order valence-electron chi connectivity index (χ2n) is 7.30. The highest BCUT2D eigenvalue weighted by molar-refractivity contribution is 7.98.